The van der Waals surface area contributed by atoms with E-state index in [0.29, 0.717) is 5.65 Å². The normalized spacial score (nSPS) is 14.0. The standard InChI is InChI=1S/C14H22N6O4/c1-7(2)9(15)13(23)24-5-8(4-21)3-20-6-17-10-11(20)18-14(16)19-12(10)22/h6-9,21H,3-5,15H2,1-2H3,(H3,16,18,19,22)/t8?,9-/m0/s1. The van der Waals surface area contributed by atoms with Crippen LogP contribution < -0.4 is 17.0 Å². The molecule has 24 heavy (non-hydrogen) atoms. The molecule has 10 nitrogen and oxygen atoms in total. The highest BCUT2D eigenvalue weighted by atomic mass is 16.5. The van der Waals surface area contributed by atoms with Gasteiger partial charge in [-0.15, -0.1) is 0 Å². The molecule has 0 bridgehead atoms. The molecule has 2 rings (SSSR count). The van der Waals surface area contributed by atoms with Crippen molar-refractivity contribution in [2.24, 2.45) is 17.6 Å². The number of nitrogens with zero attached hydrogens (tertiary/aromatic N) is 3. The Bertz CT molecular complexity index is 768. The van der Waals surface area contributed by atoms with Gasteiger partial charge in [0.15, 0.2) is 11.2 Å². The van der Waals surface area contributed by atoms with E-state index in [2.05, 4.69) is 15.0 Å². The number of hydrogen-bond donors (Lipinski definition) is 4. The van der Waals surface area contributed by atoms with E-state index in [9.17, 15) is 14.7 Å². The van der Waals surface area contributed by atoms with Crippen LogP contribution in [0.3, 0.4) is 0 Å². The minimum Gasteiger partial charge on any atom is -0.464 e. The van der Waals surface area contributed by atoms with Gasteiger partial charge in [0.2, 0.25) is 5.95 Å². The summed E-state index contributed by atoms with van der Waals surface area (Å²) in [5, 5.41) is 9.50. The number of rotatable bonds is 7. The van der Waals surface area contributed by atoms with E-state index in [1.807, 2.05) is 13.8 Å². The highest BCUT2D eigenvalue weighted by molar-refractivity contribution is 5.75. The number of anilines is 1. The van der Waals surface area contributed by atoms with Gasteiger partial charge in [-0.1, -0.05) is 13.8 Å². The second-order valence-electron chi connectivity index (χ2n) is 5.97. The molecule has 0 aliphatic rings. The molecular weight excluding hydrogens is 316 g/mol. The maximum absolute atomic E-state index is 11.8. The number of nitrogens with one attached hydrogen (secondary N) is 1. The van der Waals surface area contributed by atoms with E-state index in [1.165, 1.54) is 6.33 Å². The SMILES string of the molecule is CC(C)[C@H](N)C(=O)OCC(CO)Cn1cnc2c(=O)[nH]c(N)nc21. The molecule has 0 spiro atoms. The average molecular weight is 338 g/mol. The van der Waals surface area contributed by atoms with Gasteiger partial charge in [0, 0.05) is 12.5 Å². The van der Waals surface area contributed by atoms with Gasteiger partial charge in [0.1, 0.15) is 6.04 Å². The first-order valence-corrected chi connectivity index (χ1v) is 7.57. The lowest BCUT2D eigenvalue weighted by Crippen LogP contribution is -2.38. The van der Waals surface area contributed by atoms with Gasteiger partial charge in [-0.3, -0.25) is 14.6 Å². The highest BCUT2D eigenvalue weighted by Crippen LogP contribution is 2.11. The van der Waals surface area contributed by atoms with Crippen LogP contribution in [0.25, 0.3) is 11.2 Å². The van der Waals surface area contributed by atoms with Crippen molar-refractivity contribution in [3.63, 3.8) is 0 Å². The average Bonchev–Trinajstić information content (AvgIpc) is 2.93. The van der Waals surface area contributed by atoms with E-state index < -0.39 is 23.5 Å². The Kier molecular flexibility index (Phi) is 5.52. The van der Waals surface area contributed by atoms with Crippen LogP contribution in [-0.2, 0) is 16.1 Å². The summed E-state index contributed by atoms with van der Waals surface area (Å²) in [6, 6.07) is -0.710. The van der Waals surface area contributed by atoms with Gasteiger partial charge < -0.3 is 25.9 Å². The highest BCUT2D eigenvalue weighted by Gasteiger charge is 2.21. The van der Waals surface area contributed by atoms with E-state index in [0.717, 1.165) is 0 Å². The van der Waals surface area contributed by atoms with Crippen LogP contribution >= 0.6 is 0 Å². The number of H-pyrrole nitrogens is 1. The minimum atomic E-state index is -0.710. The molecule has 0 radical (unpaired) electrons. The first-order chi connectivity index (χ1) is 11.3. The molecule has 2 heterocycles. The first kappa shape index (κ1) is 17.9. The summed E-state index contributed by atoms with van der Waals surface area (Å²) < 4.78 is 6.74. The van der Waals surface area contributed by atoms with Crippen LogP contribution in [-0.4, -0.2) is 49.9 Å². The smallest absolute Gasteiger partial charge is 0.323 e. The third-order valence-electron chi connectivity index (χ3n) is 3.66. The Morgan fingerprint density at radius 2 is 2.21 bits per heavy atom. The number of imidazole rings is 1. The van der Waals surface area contributed by atoms with E-state index in [-0.39, 0.29) is 37.1 Å². The second-order valence-corrected chi connectivity index (χ2v) is 5.97. The maximum atomic E-state index is 11.8. The topological polar surface area (TPSA) is 162 Å². The van der Waals surface area contributed by atoms with Crippen LogP contribution in [0.5, 0.6) is 0 Å². The van der Waals surface area contributed by atoms with Gasteiger partial charge in [-0.2, -0.15) is 4.98 Å². The molecule has 0 aromatic carbocycles. The quantitative estimate of drug-likeness (QED) is 0.459. The zero-order chi connectivity index (χ0) is 17.9. The number of aromatic nitrogens is 4. The summed E-state index contributed by atoms with van der Waals surface area (Å²) in [5.74, 6) is -0.975. The number of aromatic amines is 1. The van der Waals surface area contributed by atoms with Crippen LogP contribution in [0.4, 0.5) is 5.95 Å². The van der Waals surface area contributed by atoms with Crippen molar-refractivity contribution < 1.29 is 14.6 Å². The number of aliphatic hydroxyl groups is 1. The number of carbonyl (C=O) groups excluding carboxylic acids is 1. The Hall–Kier alpha value is -2.46. The molecule has 2 aromatic heterocycles. The van der Waals surface area contributed by atoms with Gasteiger partial charge >= 0.3 is 5.97 Å². The summed E-state index contributed by atoms with van der Waals surface area (Å²) >= 11 is 0. The lowest BCUT2D eigenvalue weighted by atomic mass is 10.1. The van der Waals surface area contributed by atoms with Crippen LogP contribution in [0.15, 0.2) is 11.1 Å². The molecule has 1 unspecified atom stereocenters. The lowest BCUT2D eigenvalue weighted by molar-refractivity contribution is -0.148. The van der Waals surface area contributed by atoms with Crippen molar-refractivity contribution in [2.75, 3.05) is 18.9 Å². The summed E-state index contributed by atoms with van der Waals surface area (Å²) in [5.41, 5.74) is 11.3. The molecule has 2 atom stereocenters. The summed E-state index contributed by atoms with van der Waals surface area (Å²) in [6.07, 6.45) is 1.43. The fourth-order valence-corrected chi connectivity index (χ4v) is 2.11. The van der Waals surface area contributed by atoms with Crippen molar-refractivity contribution in [2.45, 2.75) is 26.4 Å². The fourth-order valence-electron chi connectivity index (χ4n) is 2.11. The van der Waals surface area contributed by atoms with Crippen molar-refractivity contribution in [1.82, 2.24) is 19.5 Å². The monoisotopic (exact) mass is 338 g/mol. The number of aliphatic hydroxyl groups excluding tert-OH is 1. The molecule has 0 aliphatic heterocycles. The van der Waals surface area contributed by atoms with E-state index >= 15 is 0 Å². The number of hydrogen-bond acceptors (Lipinski definition) is 8. The van der Waals surface area contributed by atoms with Crippen molar-refractivity contribution in [3.05, 3.63) is 16.7 Å². The van der Waals surface area contributed by atoms with Crippen LogP contribution in [0.2, 0.25) is 0 Å². The van der Waals surface area contributed by atoms with Crippen LogP contribution in [0, 0.1) is 11.8 Å². The summed E-state index contributed by atoms with van der Waals surface area (Å²) in [6.45, 7) is 3.67. The van der Waals surface area contributed by atoms with Gasteiger partial charge in [-0.05, 0) is 5.92 Å². The zero-order valence-corrected chi connectivity index (χ0v) is 13.6. The van der Waals surface area contributed by atoms with Crippen molar-refractivity contribution >= 4 is 23.1 Å². The molecule has 0 saturated heterocycles. The largest absolute Gasteiger partial charge is 0.464 e. The van der Waals surface area contributed by atoms with Gasteiger partial charge in [0.05, 0.1) is 19.5 Å². The lowest BCUT2D eigenvalue weighted by Gasteiger charge is -2.18. The molecule has 132 valence electrons. The first-order valence-electron chi connectivity index (χ1n) is 7.57. The fraction of sp³-hybridized carbons (Fsp3) is 0.571. The van der Waals surface area contributed by atoms with Crippen molar-refractivity contribution in [3.8, 4) is 0 Å². The number of esters is 1. The number of carbonyl (C=O) groups is 1. The third kappa shape index (κ3) is 3.89. The predicted molar refractivity (Wildman–Crippen MR) is 86.9 cm³/mol. The Morgan fingerprint density at radius 3 is 2.83 bits per heavy atom. The summed E-state index contributed by atoms with van der Waals surface area (Å²) in [7, 11) is 0. The number of nitrogens with two attached hydrogens (primary N) is 2. The minimum absolute atomic E-state index is 0.00585. The number of nitrogen functional groups attached to an aromatic ring is 1. The molecule has 10 heteroatoms. The molecule has 6 N–H and O–H groups in total. The third-order valence-corrected chi connectivity index (χ3v) is 3.66. The Morgan fingerprint density at radius 1 is 1.50 bits per heavy atom. The molecule has 0 amide bonds. The molecule has 2 aromatic rings. The Labute approximate surface area is 137 Å². The zero-order valence-electron chi connectivity index (χ0n) is 13.6. The number of ether oxygens (including phenoxy) is 1. The molecular formula is C14H22N6O4. The van der Waals surface area contributed by atoms with Crippen molar-refractivity contribution in [1.29, 1.82) is 0 Å². The predicted octanol–water partition coefficient (Wildman–Crippen LogP) is -1.16. The number of fused-ring (bicyclic) bond motifs is 1. The molecule has 0 fully saturated rings. The summed E-state index contributed by atoms with van der Waals surface area (Å²) in [4.78, 5) is 33.9. The maximum Gasteiger partial charge on any atom is 0.323 e. The van der Waals surface area contributed by atoms with Gasteiger partial charge in [0.25, 0.3) is 5.56 Å². The molecule has 0 saturated carbocycles. The van der Waals surface area contributed by atoms with Crippen LogP contribution in [0.1, 0.15) is 13.8 Å². The molecule has 0 aliphatic carbocycles. The van der Waals surface area contributed by atoms with E-state index in [4.69, 9.17) is 16.2 Å². The Balaban J connectivity index is 2.08. The second kappa shape index (κ2) is 7.41. The van der Waals surface area contributed by atoms with E-state index in [1.54, 1.807) is 4.57 Å². The van der Waals surface area contributed by atoms with Gasteiger partial charge in [-0.25, -0.2) is 4.98 Å².